The predicted molar refractivity (Wildman–Crippen MR) is 78.0 cm³/mol. The number of rotatable bonds is 3. The fourth-order valence-corrected chi connectivity index (χ4v) is 3.06. The zero-order valence-electron chi connectivity index (χ0n) is 11.3. The van der Waals surface area contributed by atoms with Crippen LogP contribution in [0.5, 0.6) is 0 Å². The molecule has 1 aliphatic heterocycles. The van der Waals surface area contributed by atoms with Crippen molar-refractivity contribution >= 4 is 21.8 Å². The molecule has 2 rings (SSSR count). The summed E-state index contributed by atoms with van der Waals surface area (Å²) in [7, 11) is 1.67. The van der Waals surface area contributed by atoms with E-state index in [9.17, 15) is 9.18 Å². The maximum atomic E-state index is 13.1. The quantitative estimate of drug-likeness (QED) is 0.914. The van der Waals surface area contributed by atoms with Crippen molar-refractivity contribution in [2.24, 2.45) is 5.73 Å². The lowest BCUT2D eigenvalue weighted by Gasteiger charge is -2.38. The van der Waals surface area contributed by atoms with Gasteiger partial charge in [0.15, 0.2) is 0 Å². The second-order valence-electron chi connectivity index (χ2n) is 4.89. The van der Waals surface area contributed by atoms with Gasteiger partial charge >= 0.3 is 0 Å². The van der Waals surface area contributed by atoms with Crippen LogP contribution in [0.15, 0.2) is 22.7 Å². The molecule has 20 heavy (non-hydrogen) atoms. The van der Waals surface area contributed by atoms with Gasteiger partial charge in [-0.1, -0.05) is 0 Å². The molecule has 1 aromatic rings. The number of benzene rings is 1. The van der Waals surface area contributed by atoms with Crippen LogP contribution in [0.25, 0.3) is 0 Å². The Hall–Kier alpha value is -0.980. The summed E-state index contributed by atoms with van der Waals surface area (Å²) in [6.07, 6.45) is 1.67. The van der Waals surface area contributed by atoms with Crippen LogP contribution in [0, 0.1) is 5.82 Å². The van der Waals surface area contributed by atoms with Crippen molar-refractivity contribution in [3.63, 3.8) is 0 Å². The molecule has 2 unspecified atom stereocenters. The van der Waals surface area contributed by atoms with E-state index in [0.717, 1.165) is 12.8 Å². The summed E-state index contributed by atoms with van der Waals surface area (Å²) < 4.78 is 18.9. The molecule has 0 bridgehead atoms. The van der Waals surface area contributed by atoms with Crippen LogP contribution in [0.3, 0.4) is 0 Å². The highest BCUT2D eigenvalue weighted by Gasteiger charge is 2.31. The molecule has 0 saturated carbocycles. The van der Waals surface area contributed by atoms with E-state index in [0.29, 0.717) is 23.1 Å². The molecule has 110 valence electrons. The molecule has 0 aliphatic carbocycles. The smallest absolute Gasteiger partial charge is 0.255 e. The summed E-state index contributed by atoms with van der Waals surface area (Å²) in [5.41, 5.74) is 6.23. The molecule has 2 atom stereocenters. The summed E-state index contributed by atoms with van der Waals surface area (Å²) >= 11 is 3.24. The molecular weight excluding hydrogens is 327 g/mol. The van der Waals surface area contributed by atoms with Gasteiger partial charge in [-0.15, -0.1) is 0 Å². The number of hydrogen-bond donors (Lipinski definition) is 1. The summed E-state index contributed by atoms with van der Waals surface area (Å²) in [6.45, 7) is 0.993. The largest absolute Gasteiger partial charge is 0.381 e. The van der Waals surface area contributed by atoms with Crippen molar-refractivity contribution in [1.82, 2.24) is 4.90 Å². The zero-order valence-corrected chi connectivity index (χ0v) is 12.9. The molecule has 2 N–H and O–H groups in total. The number of amides is 1. The Kier molecular flexibility index (Phi) is 5.12. The van der Waals surface area contributed by atoms with E-state index < -0.39 is 0 Å². The lowest BCUT2D eigenvalue weighted by atomic mass is 9.98. The van der Waals surface area contributed by atoms with Gasteiger partial charge in [-0.2, -0.15) is 0 Å². The van der Waals surface area contributed by atoms with Crippen LogP contribution in [0.4, 0.5) is 4.39 Å². The second kappa shape index (κ2) is 6.65. The van der Waals surface area contributed by atoms with Crippen molar-refractivity contribution in [1.29, 1.82) is 0 Å². The Morgan fingerprint density at radius 1 is 1.60 bits per heavy atom. The fraction of sp³-hybridized carbons (Fsp3) is 0.500. The average Bonchev–Trinajstić information content (AvgIpc) is 2.46. The van der Waals surface area contributed by atoms with E-state index >= 15 is 0 Å². The Balaban J connectivity index is 2.19. The molecule has 1 saturated heterocycles. The third-order valence-electron chi connectivity index (χ3n) is 3.70. The van der Waals surface area contributed by atoms with Crippen molar-refractivity contribution in [3.05, 3.63) is 34.1 Å². The van der Waals surface area contributed by atoms with Gasteiger partial charge in [0.2, 0.25) is 0 Å². The number of hydrogen-bond acceptors (Lipinski definition) is 3. The number of methoxy groups -OCH3 is 1. The minimum atomic E-state index is -0.373. The van der Waals surface area contributed by atoms with Gasteiger partial charge in [-0.25, -0.2) is 4.39 Å². The second-order valence-corrected chi connectivity index (χ2v) is 5.75. The van der Waals surface area contributed by atoms with Gasteiger partial charge in [-0.05, 0) is 47.0 Å². The number of carbonyl (C=O) groups excluding carboxylic acids is 1. The van der Waals surface area contributed by atoms with E-state index in [1.54, 1.807) is 12.0 Å². The maximum Gasteiger partial charge on any atom is 0.255 e. The number of carbonyl (C=O) groups is 1. The van der Waals surface area contributed by atoms with Gasteiger partial charge in [0.25, 0.3) is 5.91 Å². The number of likely N-dealkylation sites (tertiary alicyclic amines) is 1. The van der Waals surface area contributed by atoms with Crippen LogP contribution < -0.4 is 5.73 Å². The lowest BCUT2D eigenvalue weighted by Crippen LogP contribution is -2.51. The van der Waals surface area contributed by atoms with Crippen LogP contribution >= 0.6 is 15.9 Å². The van der Waals surface area contributed by atoms with Crippen LogP contribution in [-0.2, 0) is 4.74 Å². The standard InChI is InChI=1S/C14H18BrFN2O2/c1-20-11-4-5-18(10(7-11)8-17)14(19)12-3-2-9(16)6-13(12)15/h2-3,6,10-11H,4-5,7-8,17H2,1H3. The number of piperidine rings is 1. The fourth-order valence-electron chi connectivity index (χ4n) is 2.54. The lowest BCUT2D eigenvalue weighted by molar-refractivity contribution is 0.0138. The van der Waals surface area contributed by atoms with Crippen LogP contribution in [0.1, 0.15) is 23.2 Å². The van der Waals surface area contributed by atoms with Gasteiger partial charge in [0, 0.05) is 30.7 Å². The van der Waals surface area contributed by atoms with Gasteiger partial charge in [-0.3, -0.25) is 4.79 Å². The molecule has 0 spiro atoms. The van der Waals surface area contributed by atoms with Crippen molar-refractivity contribution in [2.75, 3.05) is 20.2 Å². The van der Waals surface area contributed by atoms with E-state index in [1.807, 2.05) is 0 Å². The Bertz CT molecular complexity index is 498. The van der Waals surface area contributed by atoms with E-state index in [-0.39, 0.29) is 23.9 Å². The molecule has 1 amide bonds. The minimum Gasteiger partial charge on any atom is -0.381 e. The highest BCUT2D eigenvalue weighted by Crippen LogP contribution is 2.25. The molecule has 0 radical (unpaired) electrons. The van der Waals surface area contributed by atoms with Crippen LogP contribution in [-0.4, -0.2) is 43.2 Å². The van der Waals surface area contributed by atoms with Crippen molar-refractivity contribution < 1.29 is 13.9 Å². The van der Waals surface area contributed by atoms with E-state index in [2.05, 4.69) is 15.9 Å². The molecule has 1 aromatic carbocycles. The Morgan fingerprint density at radius 2 is 2.35 bits per heavy atom. The van der Waals surface area contributed by atoms with Gasteiger partial charge in [0.1, 0.15) is 5.82 Å². The summed E-state index contributed by atoms with van der Waals surface area (Å²) in [5, 5.41) is 0. The van der Waals surface area contributed by atoms with Gasteiger partial charge in [0.05, 0.1) is 11.7 Å². The molecule has 6 heteroatoms. The van der Waals surface area contributed by atoms with Gasteiger partial charge < -0.3 is 15.4 Å². The average molecular weight is 345 g/mol. The first-order valence-electron chi connectivity index (χ1n) is 6.55. The van der Waals surface area contributed by atoms with Crippen molar-refractivity contribution in [2.45, 2.75) is 25.0 Å². The Morgan fingerprint density at radius 3 is 2.95 bits per heavy atom. The normalized spacial score (nSPS) is 22.9. The number of halogens is 2. The summed E-state index contributed by atoms with van der Waals surface area (Å²) in [6, 6.07) is 4.04. The van der Waals surface area contributed by atoms with E-state index in [1.165, 1.54) is 18.2 Å². The van der Waals surface area contributed by atoms with Crippen molar-refractivity contribution in [3.8, 4) is 0 Å². The van der Waals surface area contributed by atoms with E-state index in [4.69, 9.17) is 10.5 Å². The highest BCUT2D eigenvalue weighted by molar-refractivity contribution is 9.10. The third kappa shape index (κ3) is 3.19. The first-order valence-corrected chi connectivity index (χ1v) is 7.35. The SMILES string of the molecule is COC1CCN(C(=O)c2ccc(F)cc2Br)C(CN)C1. The summed E-state index contributed by atoms with van der Waals surface area (Å²) in [5.74, 6) is -0.497. The first kappa shape index (κ1) is 15.4. The minimum absolute atomic E-state index is 0.0434. The molecule has 1 aliphatic rings. The number of ether oxygens (including phenoxy) is 1. The predicted octanol–water partition coefficient (Wildman–Crippen LogP) is 2.17. The maximum absolute atomic E-state index is 13.1. The molecule has 1 fully saturated rings. The zero-order chi connectivity index (χ0) is 14.7. The number of nitrogens with zero attached hydrogens (tertiary/aromatic N) is 1. The molecule has 1 heterocycles. The topological polar surface area (TPSA) is 55.6 Å². The summed E-state index contributed by atoms with van der Waals surface area (Å²) in [4.78, 5) is 14.3. The third-order valence-corrected chi connectivity index (χ3v) is 4.35. The Labute approximate surface area is 126 Å². The molecular formula is C14H18BrFN2O2. The first-order chi connectivity index (χ1) is 9.56. The molecule has 4 nitrogen and oxygen atoms in total. The monoisotopic (exact) mass is 344 g/mol. The van der Waals surface area contributed by atoms with Crippen LogP contribution in [0.2, 0.25) is 0 Å². The number of nitrogens with two attached hydrogens (primary N) is 1. The molecule has 0 aromatic heterocycles. The highest BCUT2D eigenvalue weighted by atomic mass is 79.9.